The molecule has 2 heterocycles. The van der Waals surface area contributed by atoms with Gasteiger partial charge >= 0.3 is 0 Å². The summed E-state index contributed by atoms with van der Waals surface area (Å²) >= 11 is 0. The molecule has 0 aliphatic carbocycles. The molecule has 0 saturated carbocycles. The van der Waals surface area contributed by atoms with Crippen LogP contribution in [0.3, 0.4) is 0 Å². The maximum atomic E-state index is 9.02. The Kier molecular flexibility index (Phi) is 3.32. The Bertz CT molecular complexity index is 720. The topological polar surface area (TPSA) is 36.3 Å². The van der Waals surface area contributed by atoms with E-state index >= 15 is 0 Å². The fraction of sp³-hybridized carbons (Fsp3) is 0.316. The molecule has 3 nitrogen and oxygen atoms in total. The third kappa shape index (κ3) is 2.36. The molecule has 1 fully saturated rings. The standard InChI is InChI=1S/C19H18N2O/c20-9-15-6-7-17-18-12-21(10-14-4-2-1-3-5-14)11-16(18)13-22-19(17)8-15/h1-8,16,18H,10-13H2/t16-,18+/m1/s1. The zero-order valence-electron chi connectivity index (χ0n) is 12.4. The first kappa shape index (κ1) is 13.4. The molecule has 3 heteroatoms. The lowest BCUT2D eigenvalue weighted by Gasteiger charge is -2.27. The van der Waals surface area contributed by atoms with Crippen LogP contribution >= 0.6 is 0 Å². The van der Waals surface area contributed by atoms with Crippen molar-refractivity contribution >= 4 is 0 Å². The molecule has 4 rings (SSSR count). The van der Waals surface area contributed by atoms with E-state index in [4.69, 9.17) is 10.00 Å². The van der Waals surface area contributed by atoms with Crippen LogP contribution in [-0.2, 0) is 6.54 Å². The molecular weight excluding hydrogens is 272 g/mol. The predicted molar refractivity (Wildman–Crippen MR) is 84.6 cm³/mol. The lowest BCUT2D eigenvalue weighted by atomic mass is 9.86. The van der Waals surface area contributed by atoms with Gasteiger partial charge in [-0.15, -0.1) is 0 Å². The molecule has 1 saturated heterocycles. The van der Waals surface area contributed by atoms with Crippen molar-refractivity contribution in [2.45, 2.75) is 12.5 Å². The number of ether oxygens (including phenoxy) is 1. The van der Waals surface area contributed by atoms with E-state index in [0.29, 0.717) is 17.4 Å². The van der Waals surface area contributed by atoms with Crippen LogP contribution < -0.4 is 4.74 Å². The van der Waals surface area contributed by atoms with E-state index in [-0.39, 0.29) is 0 Å². The molecule has 2 aliphatic rings. The molecule has 0 amide bonds. The summed E-state index contributed by atoms with van der Waals surface area (Å²) in [5.41, 5.74) is 3.31. The van der Waals surface area contributed by atoms with Crippen molar-refractivity contribution in [1.82, 2.24) is 4.90 Å². The van der Waals surface area contributed by atoms with E-state index in [1.807, 2.05) is 12.1 Å². The highest BCUT2D eigenvalue weighted by molar-refractivity contribution is 5.46. The van der Waals surface area contributed by atoms with E-state index in [0.717, 1.165) is 32.0 Å². The average molecular weight is 290 g/mol. The van der Waals surface area contributed by atoms with E-state index in [2.05, 4.69) is 47.4 Å². The summed E-state index contributed by atoms with van der Waals surface area (Å²) in [4.78, 5) is 2.52. The van der Waals surface area contributed by atoms with Gasteiger partial charge in [0.05, 0.1) is 18.2 Å². The second-order valence-corrected chi connectivity index (χ2v) is 6.22. The van der Waals surface area contributed by atoms with Crippen molar-refractivity contribution in [1.29, 1.82) is 5.26 Å². The summed E-state index contributed by atoms with van der Waals surface area (Å²) in [7, 11) is 0. The van der Waals surface area contributed by atoms with Gasteiger partial charge in [-0.2, -0.15) is 5.26 Å². The van der Waals surface area contributed by atoms with Crippen LogP contribution in [0.1, 0.15) is 22.6 Å². The fourth-order valence-corrected chi connectivity index (χ4v) is 3.68. The molecule has 0 bridgehead atoms. The number of hydrogen-bond acceptors (Lipinski definition) is 3. The van der Waals surface area contributed by atoms with E-state index in [1.165, 1.54) is 11.1 Å². The zero-order valence-corrected chi connectivity index (χ0v) is 12.4. The lowest BCUT2D eigenvalue weighted by molar-refractivity contribution is 0.212. The number of benzene rings is 2. The van der Waals surface area contributed by atoms with Crippen LogP contribution in [0.25, 0.3) is 0 Å². The third-order valence-electron chi connectivity index (χ3n) is 4.76. The van der Waals surface area contributed by atoms with E-state index in [1.54, 1.807) is 0 Å². The van der Waals surface area contributed by atoms with Gasteiger partial charge in [0.15, 0.2) is 0 Å². The SMILES string of the molecule is N#Cc1ccc2c(c1)OC[C@H]1CN(Cc3ccccc3)C[C@H]21. The van der Waals surface area contributed by atoms with Crippen molar-refractivity contribution in [2.75, 3.05) is 19.7 Å². The number of rotatable bonds is 2. The first-order valence-electron chi connectivity index (χ1n) is 7.76. The lowest BCUT2D eigenvalue weighted by Crippen LogP contribution is -2.25. The van der Waals surface area contributed by atoms with Crippen LogP contribution in [0.4, 0.5) is 0 Å². The minimum absolute atomic E-state index is 0.528. The maximum Gasteiger partial charge on any atom is 0.124 e. The Morgan fingerprint density at radius 3 is 2.82 bits per heavy atom. The van der Waals surface area contributed by atoms with Crippen molar-refractivity contribution < 1.29 is 4.74 Å². The normalized spacial score (nSPS) is 23.2. The first-order chi connectivity index (χ1) is 10.8. The Hall–Kier alpha value is -2.31. The third-order valence-corrected chi connectivity index (χ3v) is 4.76. The monoisotopic (exact) mass is 290 g/mol. The molecule has 0 radical (unpaired) electrons. The second-order valence-electron chi connectivity index (χ2n) is 6.22. The van der Waals surface area contributed by atoms with Crippen molar-refractivity contribution in [3.8, 4) is 11.8 Å². The summed E-state index contributed by atoms with van der Waals surface area (Å²) in [5.74, 6) is 1.99. The van der Waals surface area contributed by atoms with Gasteiger partial charge < -0.3 is 4.74 Å². The van der Waals surface area contributed by atoms with Crippen molar-refractivity contribution in [2.24, 2.45) is 5.92 Å². The van der Waals surface area contributed by atoms with E-state index in [9.17, 15) is 0 Å². The molecule has 0 N–H and O–H groups in total. The van der Waals surface area contributed by atoms with Gasteiger partial charge in [0.1, 0.15) is 5.75 Å². The number of fused-ring (bicyclic) bond motifs is 3. The van der Waals surface area contributed by atoms with E-state index < -0.39 is 0 Å². The van der Waals surface area contributed by atoms with Gasteiger partial charge in [0.2, 0.25) is 0 Å². The highest BCUT2D eigenvalue weighted by Crippen LogP contribution is 2.42. The van der Waals surface area contributed by atoms with Crippen LogP contribution in [0.5, 0.6) is 5.75 Å². The minimum atomic E-state index is 0.528. The summed E-state index contributed by atoms with van der Waals surface area (Å²) in [6.07, 6.45) is 0. The van der Waals surface area contributed by atoms with Crippen LogP contribution in [0.2, 0.25) is 0 Å². The molecule has 0 aromatic heterocycles. The van der Waals surface area contributed by atoms with Crippen LogP contribution in [0.15, 0.2) is 48.5 Å². The molecule has 2 aromatic carbocycles. The first-order valence-corrected chi connectivity index (χ1v) is 7.76. The van der Waals surface area contributed by atoms with Gasteiger partial charge in [-0.05, 0) is 23.3 Å². The number of likely N-dealkylation sites (tertiary alicyclic amines) is 1. The molecule has 110 valence electrons. The number of nitrogens with zero attached hydrogens (tertiary/aromatic N) is 2. The molecule has 0 unspecified atom stereocenters. The van der Waals surface area contributed by atoms with Crippen molar-refractivity contribution in [3.63, 3.8) is 0 Å². The molecule has 2 aromatic rings. The Morgan fingerprint density at radius 1 is 1.14 bits per heavy atom. The Labute approximate surface area is 130 Å². The van der Waals surface area contributed by atoms with Gasteiger partial charge in [0.25, 0.3) is 0 Å². The maximum absolute atomic E-state index is 9.02. The van der Waals surface area contributed by atoms with Gasteiger partial charge in [-0.1, -0.05) is 36.4 Å². The zero-order chi connectivity index (χ0) is 14.9. The van der Waals surface area contributed by atoms with Crippen LogP contribution in [-0.4, -0.2) is 24.6 Å². The number of nitriles is 1. The smallest absolute Gasteiger partial charge is 0.124 e. The number of hydrogen-bond donors (Lipinski definition) is 0. The molecule has 2 atom stereocenters. The highest BCUT2D eigenvalue weighted by Gasteiger charge is 2.38. The molecule has 2 aliphatic heterocycles. The van der Waals surface area contributed by atoms with Gasteiger partial charge in [-0.3, -0.25) is 4.90 Å². The fourth-order valence-electron chi connectivity index (χ4n) is 3.68. The molecule has 0 spiro atoms. The minimum Gasteiger partial charge on any atom is -0.493 e. The highest BCUT2D eigenvalue weighted by atomic mass is 16.5. The summed E-state index contributed by atoms with van der Waals surface area (Å²) in [6.45, 7) is 3.91. The largest absolute Gasteiger partial charge is 0.493 e. The van der Waals surface area contributed by atoms with Crippen LogP contribution in [0, 0.1) is 17.2 Å². The summed E-state index contributed by atoms with van der Waals surface area (Å²) in [6, 6.07) is 18.7. The summed E-state index contributed by atoms with van der Waals surface area (Å²) in [5, 5.41) is 9.02. The van der Waals surface area contributed by atoms with Gasteiger partial charge in [-0.25, -0.2) is 0 Å². The molecular formula is C19H18N2O. The summed E-state index contributed by atoms with van der Waals surface area (Å²) < 4.78 is 5.90. The van der Waals surface area contributed by atoms with Gasteiger partial charge in [0, 0.05) is 31.5 Å². The predicted octanol–water partition coefficient (Wildman–Crippen LogP) is 3.17. The molecule has 22 heavy (non-hydrogen) atoms. The second kappa shape index (κ2) is 5.47. The Morgan fingerprint density at radius 2 is 2.00 bits per heavy atom. The quantitative estimate of drug-likeness (QED) is 0.852. The Balaban J connectivity index is 1.54. The van der Waals surface area contributed by atoms with Crippen molar-refractivity contribution in [3.05, 3.63) is 65.2 Å². The average Bonchev–Trinajstić information content (AvgIpc) is 2.98.